The van der Waals surface area contributed by atoms with Crippen LogP contribution in [0.4, 0.5) is 15.3 Å². The van der Waals surface area contributed by atoms with E-state index in [9.17, 15) is 19.5 Å². The number of para-hydroxylation sites is 1. The molecule has 0 spiro atoms. The summed E-state index contributed by atoms with van der Waals surface area (Å²) in [4.78, 5) is 39.6. The number of hydrogen-bond acceptors (Lipinski definition) is 6. The first-order valence-corrected chi connectivity index (χ1v) is 16.1. The lowest BCUT2D eigenvalue weighted by atomic mass is 9.94. The molecule has 1 aliphatic heterocycles. The Hall–Kier alpha value is -5.19. The Balaban J connectivity index is 1.21. The molecule has 0 aliphatic carbocycles. The molecule has 3 atom stereocenters. The fourth-order valence-electron chi connectivity index (χ4n) is 5.94. The van der Waals surface area contributed by atoms with Crippen LogP contribution in [0.2, 0.25) is 0 Å². The van der Waals surface area contributed by atoms with E-state index in [0.29, 0.717) is 38.2 Å². The summed E-state index contributed by atoms with van der Waals surface area (Å²) in [6, 6.07) is 33.9. The van der Waals surface area contributed by atoms with Crippen molar-refractivity contribution in [3.8, 4) is 11.1 Å². The molecule has 3 amide bonds. The van der Waals surface area contributed by atoms with Crippen molar-refractivity contribution in [2.45, 2.75) is 44.0 Å². The first kappa shape index (κ1) is 34.2. The van der Waals surface area contributed by atoms with E-state index in [1.54, 1.807) is 0 Å². The molecule has 10 heteroatoms. The Morgan fingerprint density at radius 2 is 1.56 bits per heavy atom. The van der Waals surface area contributed by atoms with Crippen molar-refractivity contribution in [1.82, 2.24) is 15.5 Å². The van der Waals surface area contributed by atoms with E-state index in [1.165, 1.54) is 12.0 Å². The summed E-state index contributed by atoms with van der Waals surface area (Å²) < 4.78 is 11.0. The Bertz CT molecular complexity index is 1650. The second kappa shape index (κ2) is 17.1. The van der Waals surface area contributed by atoms with E-state index < -0.39 is 18.2 Å². The SMILES string of the molecule is COC(=O)N[C@@H](Cc1ccccc1-c1ccccc1)C(=O)Nc1ccccc1CC[C@@H]1CN(C(=O)O)[C@H](CNCc2ccccc2)CO1. The quantitative estimate of drug-likeness (QED) is 0.146. The van der Waals surface area contributed by atoms with Crippen LogP contribution in [0.15, 0.2) is 109 Å². The van der Waals surface area contributed by atoms with Crippen LogP contribution in [0, 0.1) is 0 Å². The number of alkyl carbamates (subject to hydrolysis) is 1. The van der Waals surface area contributed by atoms with Crippen molar-refractivity contribution in [1.29, 1.82) is 0 Å². The number of anilines is 1. The molecule has 0 bridgehead atoms. The zero-order valence-electron chi connectivity index (χ0n) is 27.0. The predicted octanol–water partition coefficient (Wildman–Crippen LogP) is 5.73. The van der Waals surface area contributed by atoms with Crippen LogP contribution >= 0.6 is 0 Å². The average Bonchev–Trinajstić information content (AvgIpc) is 3.12. The second-order valence-corrected chi connectivity index (χ2v) is 11.8. The number of aryl methyl sites for hydroxylation is 1. The van der Waals surface area contributed by atoms with Crippen LogP contribution < -0.4 is 16.0 Å². The van der Waals surface area contributed by atoms with E-state index in [0.717, 1.165) is 27.8 Å². The Morgan fingerprint density at radius 1 is 0.896 bits per heavy atom. The molecule has 0 saturated carbocycles. The number of morpholine rings is 1. The van der Waals surface area contributed by atoms with E-state index in [-0.39, 0.29) is 31.0 Å². The molecule has 5 rings (SSSR count). The number of hydrogen-bond donors (Lipinski definition) is 4. The standard InChI is InChI=1S/C38H42N4O6/c1-47-37(44)41-35(22-30-17-8-10-18-33(30)28-14-6-3-7-15-28)36(43)40-34-19-11-9-16-29(34)20-21-32-25-42(38(45)46)31(26-48-32)24-39-23-27-12-4-2-5-13-27/h2-19,31-32,35,39H,20-26H2,1H3,(H,40,43)(H,41,44)(H,45,46)/t31-,32-,35+/m1/s1. The number of rotatable bonds is 13. The topological polar surface area (TPSA) is 129 Å². The van der Waals surface area contributed by atoms with E-state index in [1.807, 2.05) is 109 Å². The monoisotopic (exact) mass is 650 g/mol. The molecule has 250 valence electrons. The predicted molar refractivity (Wildman–Crippen MR) is 185 cm³/mol. The summed E-state index contributed by atoms with van der Waals surface area (Å²) in [5, 5.41) is 19.0. The highest BCUT2D eigenvalue weighted by molar-refractivity contribution is 5.97. The second-order valence-electron chi connectivity index (χ2n) is 11.8. The summed E-state index contributed by atoms with van der Waals surface area (Å²) in [6.45, 7) is 1.68. The third kappa shape index (κ3) is 9.43. The molecule has 0 radical (unpaired) electrons. The van der Waals surface area contributed by atoms with E-state index in [2.05, 4.69) is 16.0 Å². The first-order chi connectivity index (χ1) is 23.4. The zero-order valence-corrected chi connectivity index (χ0v) is 27.0. The molecular weight excluding hydrogens is 608 g/mol. The normalized spacial score (nSPS) is 16.5. The van der Waals surface area contributed by atoms with Crippen molar-refractivity contribution in [2.24, 2.45) is 0 Å². The van der Waals surface area contributed by atoms with Crippen LogP contribution in [0.3, 0.4) is 0 Å². The largest absolute Gasteiger partial charge is 0.465 e. The summed E-state index contributed by atoms with van der Waals surface area (Å²) in [7, 11) is 1.26. The highest BCUT2D eigenvalue weighted by Gasteiger charge is 2.32. The number of carbonyl (C=O) groups excluding carboxylic acids is 2. The minimum atomic E-state index is -0.972. The minimum Gasteiger partial charge on any atom is -0.465 e. The van der Waals surface area contributed by atoms with Gasteiger partial charge in [-0.25, -0.2) is 9.59 Å². The summed E-state index contributed by atoms with van der Waals surface area (Å²) in [6.07, 6.45) is -0.603. The molecule has 1 saturated heterocycles. The number of carboxylic acid groups (broad SMARTS) is 1. The van der Waals surface area contributed by atoms with Gasteiger partial charge in [0.1, 0.15) is 6.04 Å². The van der Waals surface area contributed by atoms with Gasteiger partial charge in [-0.1, -0.05) is 103 Å². The minimum absolute atomic E-state index is 0.247. The average molecular weight is 651 g/mol. The van der Waals surface area contributed by atoms with Crippen molar-refractivity contribution in [3.63, 3.8) is 0 Å². The highest BCUT2D eigenvalue weighted by atomic mass is 16.5. The van der Waals surface area contributed by atoms with E-state index in [4.69, 9.17) is 9.47 Å². The van der Waals surface area contributed by atoms with Crippen molar-refractivity contribution in [3.05, 3.63) is 126 Å². The summed E-state index contributed by atoms with van der Waals surface area (Å²) in [5.41, 5.74) is 5.51. The molecule has 1 fully saturated rings. The van der Waals surface area contributed by atoms with Gasteiger partial charge in [0.2, 0.25) is 5.91 Å². The van der Waals surface area contributed by atoms with Crippen molar-refractivity contribution >= 4 is 23.8 Å². The van der Waals surface area contributed by atoms with Crippen LogP contribution in [0.25, 0.3) is 11.1 Å². The molecule has 4 aromatic rings. The number of methoxy groups -OCH3 is 1. The number of nitrogens with one attached hydrogen (secondary N) is 3. The van der Waals surface area contributed by atoms with Crippen molar-refractivity contribution < 1.29 is 29.0 Å². The molecule has 4 aromatic carbocycles. The fourth-order valence-corrected chi connectivity index (χ4v) is 5.94. The Labute approximate surface area is 281 Å². The number of amides is 3. The maximum absolute atomic E-state index is 13.7. The molecule has 1 aliphatic rings. The Kier molecular flexibility index (Phi) is 12.2. The summed E-state index contributed by atoms with van der Waals surface area (Å²) in [5.74, 6) is -0.382. The molecule has 1 heterocycles. The maximum Gasteiger partial charge on any atom is 0.407 e. The summed E-state index contributed by atoms with van der Waals surface area (Å²) >= 11 is 0. The van der Waals surface area contributed by atoms with Gasteiger partial charge in [0.15, 0.2) is 0 Å². The molecular formula is C38H42N4O6. The number of ether oxygens (including phenoxy) is 2. The van der Waals surface area contributed by atoms with Gasteiger partial charge >= 0.3 is 12.2 Å². The third-order valence-corrected chi connectivity index (χ3v) is 8.49. The highest BCUT2D eigenvalue weighted by Crippen LogP contribution is 2.26. The van der Waals surface area contributed by atoms with Crippen LogP contribution in [-0.2, 0) is 33.7 Å². The van der Waals surface area contributed by atoms with Gasteiger partial charge in [0.05, 0.1) is 32.4 Å². The maximum atomic E-state index is 13.7. The lowest BCUT2D eigenvalue weighted by Gasteiger charge is -2.38. The molecule has 0 unspecified atom stereocenters. The molecule has 0 aromatic heterocycles. The smallest absolute Gasteiger partial charge is 0.407 e. The van der Waals surface area contributed by atoms with E-state index >= 15 is 0 Å². The van der Waals surface area contributed by atoms with Gasteiger partial charge in [0.25, 0.3) is 0 Å². The van der Waals surface area contributed by atoms with Crippen molar-refractivity contribution in [2.75, 3.05) is 32.1 Å². The fraction of sp³-hybridized carbons (Fsp3) is 0.289. The number of carbonyl (C=O) groups is 3. The van der Waals surface area contributed by atoms with Gasteiger partial charge in [-0.15, -0.1) is 0 Å². The van der Waals surface area contributed by atoms with Gasteiger partial charge in [-0.05, 0) is 46.7 Å². The van der Waals surface area contributed by atoms with Crippen LogP contribution in [0.5, 0.6) is 0 Å². The van der Waals surface area contributed by atoms with Crippen LogP contribution in [-0.4, -0.2) is 73.1 Å². The van der Waals surface area contributed by atoms with Gasteiger partial charge < -0.3 is 30.5 Å². The number of benzene rings is 4. The zero-order chi connectivity index (χ0) is 33.7. The lowest BCUT2D eigenvalue weighted by molar-refractivity contribution is -0.118. The molecule has 48 heavy (non-hydrogen) atoms. The first-order valence-electron chi connectivity index (χ1n) is 16.1. The van der Waals surface area contributed by atoms with Crippen LogP contribution in [0.1, 0.15) is 23.1 Å². The third-order valence-electron chi connectivity index (χ3n) is 8.49. The number of nitrogens with zero attached hydrogens (tertiary/aromatic N) is 1. The molecule has 10 nitrogen and oxygen atoms in total. The van der Waals surface area contributed by atoms with Gasteiger partial charge in [-0.2, -0.15) is 0 Å². The Morgan fingerprint density at radius 3 is 2.29 bits per heavy atom. The van der Waals surface area contributed by atoms with Gasteiger partial charge in [0, 0.05) is 25.2 Å². The molecule has 4 N–H and O–H groups in total. The van der Waals surface area contributed by atoms with Gasteiger partial charge in [-0.3, -0.25) is 9.69 Å². The lowest BCUT2D eigenvalue weighted by Crippen LogP contribution is -2.55.